The standard InChI is InChI=1S/C12H23N3O2/c1-2-5-9(13)8-11(16)15-7-4-3-6-10(15)12(14)17/h9-10H,2-8,13H2,1H3,(H2,14,17). The molecule has 0 aliphatic carbocycles. The second-order valence-corrected chi connectivity index (χ2v) is 4.75. The van der Waals surface area contributed by atoms with Crippen molar-refractivity contribution in [2.24, 2.45) is 11.5 Å². The number of primary amides is 1. The van der Waals surface area contributed by atoms with Gasteiger partial charge in [-0.25, -0.2) is 0 Å². The number of hydrogen-bond donors (Lipinski definition) is 2. The third-order valence-electron chi connectivity index (χ3n) is 3.25. The smallest absolute Gasteiger partial charge is 0.240 e. The summed E-state index contributed by atoms with van der Waals surface area (Å²) >= 11 is 0. The third-order valence-corrected chi connectivity index (χ3v) is 3.25. The van der Waals surface area contributed by atoms with Crippen molar-refractivity contribution in [2.75, 3.05) is 6.54 Å². The highest BCUT2D eigenvalue weighted by Crippen LogP contribution is 2.18. The van der Waals surface area contributed by atoms with Crippen molar-refractivity contribution in [1.29, 1.82) is 0 Å². The largest absolute Gasteiger partial charge is 0.368 e. The van der Waals surface area contributed by atoms with Gasteiger partial charge in [0.15, 0.2) is 0 Å². The summed E-state index contributed by atoms with van der Waals surface area (Å²) in [6.07, 6.45) is 4.70. The third kappa shape index (κ3) is 4.00. The SMILES string of the molecule is CCCC(N)CC(=O)N1CCCCC1C(N)=O. The minimum Gasteiger partial charge on any atom is -0.368 e. The first-order valence-corrected chi connectivity index (χ1v) is 6.40. The van der Waals surface area contributed by atoms with Gasteiger partial charge in [0.1, 0.15) is 6.04 Å². The molecule has 2 atom stereocenters. The Hall–Kier alpha value is -1.10. The average Bonchev–Trinajstić information content (AvgIpc) is 2.29. The van der Waals surface area contributed by atoms with E-state index in [-0.39, 0.29) is 11.9 Å². The predicted octanol–water partition coefficient (Wildman–Crippen LogP) is 0.370. The van der Waals surface area contributed by atoms with E-state index in [9.17, 15) is 9.59 Å². The molecule has 5 nitrogen and oxygen atoms in total. The van der Waals surface area contributed by atoms with Gasteiger partial charge in [-0.05, 0) is 25.7 Å². The number of nitrogens with two attached hydrogens (primary N) is 2. The summed E-state index contributed by atoms with van der Waals surface area (Å²) in [5.41, 5.74) is 11.2. The van der Waals surface area contributed by atoms with Crippen LogP contribution in [0.25, 0.3) is 0 Å². The van der Waals surface area contributed by atoms with Gasteiger partial charge >= 0.3 is 0 Å². The molecule has 17 heavy (non-hydrogen) atoms. The molecule has 1 aliphatic heterocycles. The number of carbonyl (C=O) groups excluding carboxylic acids is 2. The first-order valence-electron chi connectivity index (χ1n) is 6.40. The Bertz CT molecular complexity index is 281. The quantitative estimate of drug-likeness (QED) is 0.728. The zero-order valence-corrected chi connectivity index (χ0v) is 10.5. The normalized spacial score (nSPS) is 22.2. The highest BCUT2D eigenvalue weighted by molar-refractivity contribution is 5.87. The molecule has 1 rings (SSSR count). The Balaban J connectivity index is 2.56. The lowest BCUT2D eigenvalue weighted by molar-refractivity contribution is -0.141. The molecule has 98 valence electrons. The molecular weight excluding hydrogens is 218 g/mol. The van der Waals surface area contributed by atoms with E-state index in [0.29, 0.717) is 19.4 Å². The number of nitrogens with zero attached hydrogens (tertiary/aromatic N) is 1. The number of rotatable bonds is 5. The van der Waals surface area contributed by atoms with E-state index < -0.39 is 11.9 Å². The van der Waals surface area contributed by atoms with Crippen LogP contribution in [0.15, 0.2) is 0 Å². The number of likely N-dealkylation sites (tertiary alicyclic amines) is 1. The molecule has 0 spiro atoms. The number of carbonyl (C=O) groups is 2. The van der Waals surface area contributed by atoms with E-state index in [4.69, 9.17) is 11.5 Å². The van der Waals surface area contributed by atoms with Crippen molar-refractivity contribution in [3.8, 4) is 0 Å². The molecule has 0 aromatic carbocycles. The second kappa shape index (κ2) is 6.59. The summed E-state index contributed by atoms with van der Waals surface area (Å²) in [6.45, 7) is 2.67. The minimum absolute atomic E-state index is 0.0329. The summed E-state index contributed by atoms with van der Waals surface area (Å²) in [5, 5.41) is 0. The maximum atomic E-state index is 12.0. The summed E-state index contributed by atoms with van der Waals surface area (Å²) in [5.74, 6) is -0.434. The van der Waals surface area contributed by atoms with Gasteiger partial charge < -0.3 is 16.4 Å². The van der Waals surface area contributed by atoms with Crippen LogP contribution >= 0.6 is 0 Å². The van der Waals surface area contributed by atoms with Gasteiger partial charge in [-0.15, -0.1) is 0 Å². The summed E-state index contributed by atoms with van der Waals surface area (Å²) in [6, 6.07) is -0.534. The van der Waals surface area contributed by atoms with Gasteiger partial charge in [-0.3, -0.25) is 9.59 Å². The molecule has 1 aliphatic rings. The van der Waals surface area contributed by atoms with Crippen molar-refractivity contribution in [2.45, 2.75) is 57.5 Å². The van der Waals surface area contributed by atoms with E-state index in [1.165, 1.54) is 0 Å². The van der Waals surface area contributed by atoms with Crippen LogP contribution in [0.2, 0.25) is 0 Å². The molecule has 2 unspecified atom stereocenters. The molecule has 0 bridgehead atoms. The first-order chi connectivity index (χ1) is 8.06. The van der Waals surface area contributed by atoms with E-state index in [2.05, 4.69) is 0 Å². The van der Waals surface area contributed by atoms with Crippen LogP contribution in [0.1, 0.15) is 45.4 Å². The molecule has 4 N–H and O–H groups in total. The summed E-state index contributed by atoms with van der Waals surface area (Å²) < 4.78 is 0. The van der Waals surface area contributed by atoms with E-state index >= 15 is 0 Å². The molecule has 2 amide bonds. The van der Waals surface area contributed by atoms with Gasteiger partial charge in [0.05, 0.1) is 0 Å². The van der Waals surface area contributed by atoms with Crippen LogP contribution in [0.3, 0.4) is 0 Å². The van der Waals surface area contributed by atoms with Crippen LogP contribution < -0.4 is 11.5 Å². The maximum absolute atomic E-state index is 12.0. The topological polar surface area (TPSA) is 89.4 Å². The van der Waals surface area contributed by atoms with Crippen molar-refractivity contribution < 1.29 is 9.59 Å². The lowest BCUT2D eigenvalue weighted by Gasteiger charge is -2.34. The monoisotopic (exact) mass is 241 g/mol. The van der Waals surface area contributed by atoms with Gasteiger partial charge in [0.25, 0.3) is 0 Å². The number of hydrogen-bond acceptors (Lipinski definition) is 3. The highest BCUT2D eigenvalue weighted by atomic mass is 16.2. The lowest BCUT2D eigenvalue weighted by atomic mass is 10.00. The van der Waals surface area contributed by atoms with Crippen molar-refractivity contribution in [3.63, 3.8) is 0 Å². The van der Waals surface area contributed by atoms with Crippen LogP contribution in [-0.2, 0) is 9.59 Å². The number of piperidine rings is 1. The van der Waals surface area contributed by atoms with Crippen LogP contribution in [0.4, 0.5) is 0 Å². The molecule has 0 saturated carbocycles. The average molecular weight is 241 g/mol. The molecule has 0 radical (unpaired) electrons. The number of amides is 2. The zero-order chi connectivity index (χ0) is 12.8. The minimum atomic E-state index is -0.426. The highest BCUT2D eigenvalue weighted by Gasteiger charge is 2.30. The molecule has 5 heteroatoms. The Morgan fingerprint density at radius 2 is 2.12 bits per heavy atom. The molecule has 1 fully saturated rings. The van der Waals surface area contributed by atoms with Crippen molar-refractivity contribution in [1.82, 2.24) is 4.90 Å². The molecule has 1 saturated heterocycles. The Labute approximate surface area is 103 Å². The van der Waals surface area contributed by atoms with E-state index in [0.717, 1.165) is 25.7 Å². The van der Waals surface area contributed by atoms with Crippen LogP contribution in [-0.4, -0.2) is 35.3 Å². The van der Waals surface area contributed by atoms with Crippen LogP contribution in [0.5, 0.6) is 0 Å². The lowest BCUT2D eigenvalue weighted by Crippen LogP contribution is -2.51. The van der Waals surface area contributed by atoms with Crippen molar-refractivity contribution >= 4 is 11.8 Å². The van der Waals surface area contributed by atoms with Gasteiger partial charge in [0.2, 0.25) is 11.8 Å². The predicted molar refractivity (Wildman–Crippen MR) is 66.0 cm³/mol. The summed E-state index contributed by atoms with van der Waals surface area (Å²) in [7, 11) is 0. The Morgan fingerprint density at radius 1 is 1.41 bits per heavy atom. The Kier molecular flexibility index (Phi) is 5.41. The fourth-order valence-corrected chi connectivity index (χ4v) is 2.34. The first kappa shape index (κ1) is 14.0. The van der Waals surface area contributed by atoms with Gasteiger partial charge in [-0.1, -0.05) is 13.3 Å². The molecular formula is C12H23N3O2. The van der Waals surface area contributed by atoms with Gasteiger partial charge in [-0.2, -0.15) is 0 Å². The Morgan fingerprint density at radius 3 is 2.71 bits per heavy atom. The van der Waals surface area contributed by atoms with Crippen molar-refractivity contribution in [3.05, 3.63) is 0 Å². The fourth-order valence-electron chi connectivity index (χ4n) is 2.34. The fraction of sp³-hybridized carbons (Fsp3) is 0.833. The molecule has 0 aromatic rings. The molecule has 0 aromatic heterocycles. The summed E-state index contributed by atoms with van der Waals surface area (Å²) in [4.78, 5) is 24.9. The maximum Gasteiger partial charge on any atom is 0.240 e. The van der Waals surface area contributed by atoms with Crippen LogP contribution in [0, 0.1) is 0 Å². The van der Waals surface area contributed by atoms with E-state index in [1.54, 1.807) is 4.90 Å². The van der Waals surface area contributed by atoms with Gasteiger partial charge in [0, 0.05) is 19.0 Å². The second-order valence-electron chi connectivity index (χ2n) is 4.75. The van der Waals surface area contributed by atoms with E-state index in [1.807, 2.05) is 6.92 Å². The molecule has 1 heterocycles. The zero-order valence-electron chi connectivity index (χ0n) is 10.5.